The molecule has 8 aromatic rings. The van der Waals surface area contributed by atoms with Gasteiger partial charge in [0.25, 0.3) is 0 Å². The van der Waals surface area contributed by atoms with Crippen LogP contribution in [0.1, 0.15) is 0 Å². The molecule has 1 aliphatic rings. The lowest BCUT2D eigenvalue weighted by Crippen LogP contribution is -2.10. The molecular weight excluding hydrogens is 532 g/mol. The van der Waals surface area contributed by atoms with E-state index >= 15 is 0 Å². The van der Waals surface area contributed by atoms with Gasteiger partial charge >= 0.3 is 0 Å². The molecule has 9 rings (SSSR count). The molecule has 1 aliphatic heterocycles. The molecule has 1 N–H and O–H groups in total. The molecule has 0 aromatic heterocycles. The number of anilines is 5. The van der Waals surface area contributed by atoms with Crippen LogP contribution in [0, 0.1) is 0 Å². The van der Waals surface area contributed by atoms with E-state index in [0.717, 1.165) is 28.4 Å². The van der Waals surface area contributed by atoms with E-state index < -0.39 is 0 Å². The second-order valence-electron chi connectivity index (χ2n) is 11.5. The SMILES string of the molecule is c1ccc2c(c1)Nc1ccc(-c3ccc(N(c4ccc5ccccc5c4)c4cccc5ccccc45)cc3)c3cccc-2c13. The van der Waals surface area contributed by atoms with Crippen LogP contribution in [0.25, 0.3) is 54.6 Å². The minimum Gasteiger partial charge on any atom is -0.354 e. The zero-order valence-electron chi connectivity index (χ0n) is 24.0. The second kappa shape index (κ2) is 9.86. The van der Waals surface area contributed by atoms with E-state index in [1.54, 1.807) is 0 Å². The Kier molecular flexibility index (Phi) is 5.54. The number of para-hydroxylation sites is 1. The van der Waals surface area contributed by atoms with Gasteiger partial charge in [-0.1, -0.05) is 121 Å². The summed E-state index contributed by atoms with van der Waals surface area (Å²) in [6.45, 7) is 0. The van der Waals surface area contributed by atoms with E-state index in [2.05, 4.69) is 174 Å². The lowest BCUT2D eigenvalue weighted by atomic mass is 9.89. The number of benzene rings is 8. The average Bonchev–Trinajstić information content (AvgIpc) is 3.09. The molecule has 0 amide bonds. The number of hydrogen-bond acceptors (Lipinski definition) is 2. The highest BCUT2D eigenvalue weighted by Gasteiger charge is 2.20. The third-order valence-electron chi connectivity index (χ3n) is 8.96. The van der Waals surface area contributed by atoms with Gasteiger partial charge in [0.15, 0.2) is 0 Å². The Labute approximate surface area is 256 Å². The molecule has 2 heteroatoms. The van der Waals surface area contributed by atoms with Gasteiger partial charge in [0.05, 0.1) is 5.69 Å². The zero-order chi connectivity index (χ0) is 29.0. The Bertz CT molecular complexity index is 2360. The molecule has 2 nitrogen and oxygen atoms in total. The predicted molar refractivity (Wildman–Crippen MR) is 188 cm³/mol. The third kappa shape index (κ3) is 3.89. The number of rotatable bonds is 4. The smallest absolute Gasteiger partial charge is 0.0540 e. The molecule has 206 valence electrons. The van der Waals surface area contributed by atoms with Gasteiger partial charge < -0.3 is 10.2 Å². The first-order chi connectivity index (χ1) is 21.8. The van der Waals surface area contributed by atoms with Crippen molar-refractivity contribution in [2.75, 3.05) is 10.2 Å². The monoisotopic (exact) mass is 560 g/mol. The fourth-order valence-electron chi connectivity index (χ4n) is 6.90. The molecule has 0 atom stereocenters. The van der Waals surface area contributed by atoms with Gasteiger partial charge in [0, 0.05) is 39.1 Å². The second-order valence-corrected chi connectivity index (χ2v) is 11.5. The summed E-state index contributed by atoms with van der Waals surface area (Å²) < 4.78 is 0. The van der Waals surface area contributed by atoms with E-state index in [1.165, 1.54) is 54.6 Å². The van der Waals surface area contributed by atoms with Gasteiger partial charge in [-0.2, -0.15) is 0 Å². The van der Waals surface area contributed by atoms with Crippen molar-refractivity contribution in [3.8, 4) is 22.3 Å². The molecule has 8 aromatic carbocycles. The zero-order valence-corrected chi connectivity index (χ0v) is 24.0. The Morgan fingerprint density at radius 3 is 1.98 bits per heavy atom. The van der Waals surface area contributed by atoms with E-state index in [-0.39, 0.29) is 0 Å². The van der Waals surface area contributed by atoms with E-state index in [1.807, 2.05) is 0 Å². The number of nitrogens with zero attached hydrogens (tertiary/aromatic N) is 1. The molecule has 0 radical (unpaired) electrons. The first-order valence-electron chi connectivity index (χ1n) is 15.1. The molecular formula is C42H28N2. The number of nitrogens with one attached hydrogen (secondary N) is 1. The van der Waals surface area contributed by atoms with Crippen LogP contribution in [-0.4, -0.2) is 0 Å². The summed E-state index contributed by atoms with van der Waals surface area (Å²) in [4.78, 5) is 2.39. The minimum absolute atomic E-state index is 1.12. The van der Waals surface area contributed by atoms with Gasteiger partial charge in [-0.05, 0) is 80.7 Å². The molecule has 0 saturated carbocycles. The van der Waals surface area contributed by atoms with Crippen molar-refractivity contribution < 1.29 is 0 Å². The Hall–Kier alpha value is -5.86. The van der Waals surface area contributed by atoms with Gasteiger partial charge in [-0.15, -0.1) is 0 Å². The molecule has 1 heterocycles. The molecule has 0 bridgehead atoms. The van der Waals surface area contributed by atoms with E-state index in [9.17, 15) is 0 Å². The fraction of sp³-hybridized carbons (Fsp3) is 0. The molecule has 0 saturated heterocycles. The van der Waals surface area contributed by atoms with Crippen LogP contribution in [0.15, 0.2) is 164 Å². The lowest BCUT2D eigenvalue weighted by molar-refractivity contribution is 1.30. The van der Waals surface area contributed by atoms with Crippen LogP contribution >= 0.6 is 0 Å². The van der Waals surface area contributed by atoms with Crippen LogP contribution in [-0.2, 0) is 0 Å². The predicted octanol–water partition coefficient (Wildman–Crippen LogP) is 12.0. The van der Waals surface area contributed by atoms with Crippen LogP contribution in [0.3, 0.4) is 0 Å². The quantitative estimate of drug-likeness (QED) is 0.230. The summed E-state index contributed by atoms with van der Waals surface area (Å²) in [6.07, 6.45) is 0. The maximum Gasteiger partial charge on any atom is 0.0540 e. The van der Waals surface area contributed by atoms with E-state index in [0.29, 0.717) is 0 Å². The van der Waals surface area contributed by atoms with Crippen molar-refractivity contribution in [3.05, 3.63) is 164 Å². The van der Waals surface area contributed by atoms with Crippen molar-refractivity contribution in [2.24, 2.45) is 0 Å². The fourth-order valence-corrected chi connectivity index (χ4v) is 6.90. The number of hydrogen-bond donors (Lipinski definition) is 1. The molecule has 0 unspecified atom stereocenters. The normalized spacial score (nSPS) is 11.8. The number of fused-ring (bicyclic) bond motifs is 4. The summed E-state index contributed by atoms with van der Waals surface area (Å²) in [6, 6.07) is 59.3. The average molecular weight is 561 g/mol. The largest absolute Gasteiger partial charge is 0.354 e. The highest BCUT2D eigenvalue weighted by atomic mass is 15.1. The van der Waals surface area contributed by atoms with Crippen LogP contribution in [0.5, 0.6) is 0 Å². The van der Waals surface area contributed by atoms with Crippen molar-refractivity contribution in [2.45, 2.75) is 0 Å². The topological polar surface area (TPSA) is 15.3 Å². The van der Waals surface area contributed by atoms with Crippen LogP contribution in [0.2, 0.25) is 0 Å². The summed E-state index contributed by atoms with van der Waals surface area (Å²) in [5.41, 5.74) is 10.7. The molecule has 0 spiro atoms. The minimum atomic E-state index is 1.12. The molecule has 0 aliphatic carbocycles. The summed E-state index contributed by atoms with van der Waals surface area (Å²) in [7, 11) is 0. The van der Waals surface area contributed by atoms with Gasteiger partial charge in [0.1, 0.15) is 0 Å². The molecule has 44 heavy (non-hydrogen) atoms. The van der Waals surface area contributed by atoms with Crippen molar-refractivity contribution >= 4 is 60.8 Å². The van der Waals surface area contributed by atoms with Crippen molar-refractivity contribution in [3.63, 3.8) is 0 Å². The summed E-state index contributed by atoms with van der Waals surface area (Å²) in [5, 5.41) is 11.1. The summed E-state index contributed by atoms with van der Waals surface area (Å²) >= 11 is 0. The Morgan fingerprint density at radius 1 is 0.386 bits per heavy atom. The van der Waals surface area contributed by atoms with Crippen LogP contribution < -0.4 is 10.2 Å². The van der Waals surface area contributed by atoms with Gasteiger partial charge in [-0.25, -0.2) is 0 Å². The lowest BCUT2D eigenvalue weighted by Gasteiger charge is -2.27. The van der Waals surface area contributed by atoms with E-state index in [4.69, 9.17) is 0 Å². The molecule has 0 fully saturated rings. The summed E-state index contributed by atoms with van der Waals surface area (Å²) in [5.74, 6) is 0. The maximum absolute atomic E-state index is 3.66. The van der Waals surface area contributed by atoms with Gasteiger partial charge in [-0.3, -0.25) is 0 Å². The van der Waals surface area contributed by atoms with Crippen molar-refractivity contribution in [1.29, 1.82) is 0 Å². The standard InChI is InChI=1S/C42H28N2/c1-2-11-31-27-33(24-19-28(31)9-1)44(41-18-7-12-29-10-3-4-13-35(29)41)32-22-20-30(21-23-32)34-25-26-40-42-37(34)15-8-16-38(42)36-14-5-6-17-39(36)43-40/h1-27,43H. The van der Waals surface area contributed by atoms with Crippen molar-refractivity contribution in [1.82, 2.24) is 0 Å². The first-order valence-corrected chi connectivity index (χ1v) is 15.1. The third-order valence-corrected chi connectivity index (χ3v) is 8.96. The Balaban J connectivity index is 1.20. The maximum atomic E-state index is 3.66. The first kappa shape index (κ1) is 24.7. The van der Waals surface area contributed by atoms with Gasteiger partial charge in [0.2, 0.25) is 0 Å². The highest BCUT2D eigenvalue weighted by molar-refractivity contribution is 6.15. The highest BCUT2D eigenvalue weighted by Crippen LogP contribution is 2.47. The van der Waals surface area contributed by atoms with Crippen LogP contribution in [0.4, 0.5) is 28.4 Å². The Morgan fingerprint density at radius 2 is 1.07 bits per heavy atom.